The van der Waals surface area contributed by atoms with E-state index in [0.29, 0.717) is 23.0 Å². The van der Waals surface area contributed by atoms with Crippen molar-refractivity contribution >= 4 is 29.7 Å². The zero-order valence-electron chi connectivity index (χ0n) is 22.3. The molecule has 0 atom stereocenters. The number of rotatable bonds is 6. The van der Waals surface area contributed by atoms with Gasteiger partial charge in [-0.2, -0.15) is 13.2 Å². The van der Waals surface area contributed by atoms with Gasteiger partial charge in [-0.25, -0.2) is 15.0 Å². The molecule has 0 bridgehead atoms. The molecular formula is C29H23F3N7O3-. The number of imidazole rings is 1. The van der Waals surface area contributed by atoms with E-state index < -0.39 is 24.1 Å². The number of aromatic nitrogens is 5. The van der Waals surface area contributed by atoms with E-state index in [9.17, 15) is 18.0 Å². The second-order valence-corrected chi connectivity index (χ2v) is 8.90. The van der Waals surface area contributed by atoms with Gasteiger partial charge in [-0.1, -0.05) is 6.07 Å². The molecule has 0 aliphatic carbocycles. The third kappa shape index (κ3) is 7.33. The molecule has 3 heterocycles. The molecule has 0 saturated heterocycles. The van der Waals surface area contributed by atoms with Crippen LogP contribution in [-0.4, -0.2) is 36.9 Å². The highest BCUT2D eigenvalue weighted by Gasteiger charge is 2.31. The standard InChI is InChI=1S/C28H22F3N7O.CH2O2/c1-17-5-6-19(10-25(17)37-27-33-9-7-24(36-27)20-4-3-8-32-14-20)26(39)35-22-11-21(28(29,30)31)12-23(13-22)38-15-18(2)34-16-38;2-1-3/h3-16H,1-2H3,(H,35,39)(H,33,36,37);1H,(H,2,3)/p-1. The first-order chi connectivity index (χ1) is 20.1. The number of anilines is 3. The van der Waals surface area contributed by atoms with Gasteiger partial charge in [0.15, 0.2) is 0 Å². The normalized spacial score (nSPS) is 10.8. The van der Waals surface area contributed by atoms with Crippen LogP contribution in [0.25, 0.3) is 16.9 Å². The maximum atomic E-state index is 13.6. The van der Waals surface area contributed by atoms with Crippen molar-refractivity contribution in [1.29, 1.82) is 0 Å². The SMILES string of the molecule is Cc1cn(-c2cc(NC(=O)c3ccc(C)c(Nc4nccc(-c5cccnc5)n4)c3)cc(C(F)(F)F)c2)cn1.O=C[O-]. The molecule has 0 spiro atoms. The van der Waals surface area contributed by atoms with Gasteiger partial charge in [0, 0.05) is 59.4 Å². The number of hydrogen-bond acceptors (Lipinski definition) is 8. The Labute approximate surface area is 238 Å². The van der Waals surface area contributed by atoms with E-state index in [4.69, 9.17) is 9.90 Å². The summed E-state index contributed by atoms with van der Waals surface area (Å²) in [6, 6.07) is 13.7. The minimum Gasteiger partial charge on any atom is -0.554 e. The fraction of sp³-hybridized carbons (Fsp3) is 0.103. The Morgan fingerprint density at radius 3 is 2.48 bits per heavy atom. The van der Waals surface area contributed by atoms with Gasteiger partial charge in [-0.05, 0) is 67.9 Å². The van der Waals surface area contributed by atoms with Gasteiger partial charge in [0.2, 0.25) is 5.95 Å². The van der Waals surface area contributed by atoms with Gasteiger partial charge in [0.1, 0.15) is 0 Å². The highest BCUT2D eigenvalue weighted by atomic mass is 19.4. The van der Waals surface area contributed by atoms with Crippen molar-refractivity contribution in [3.8, 4) is 16.9 Å². The number of carboxylic acid groups (broad SMARTS) is 1. The number of halogens is 3. The van der Waals surface area contributed by atoms with Crippen LogP contribution in [0.4, 0.5) is 30.5 Å². The quantitative estimate of drug-likeness (QED) is 0.278. The molecule has 3 aromatic heterocycles. The summed E-state index contributed by atoms with van der Waals surface area (Å²) in [6.45, 7) is 3.08. The molecule has 0 saturated carbocycles. The highest BCUT2D eigenvalue weighted by Crippen LogP contribution is 2.33. The van der Waals surface area contributed by atoms with E-state index in [0.717, 1.165) is 23.3 Å². The smallest absolute Gasteiger partial charge is 0.416 e. The molecule has 214 valence electrons. The number of nitrogens with zero attached hydrogens (tertiary/aromatic N) is 5. The first-order valence-electron chi connectivity index (χ1n) is 12.3. The van der Waals surface area contributed by atoms with Crippen molar-refractivity contribution in [2.75, 3.05) is 10.6 Å². The molecule has 0 radical (unpaired) electrons. The molecule has 1 amide bonds. The number of carbonyl (C=O) groups excluding carboxylic acids is 2. The maximum Gasteiger partial charge on any atom is 0.416 e. The summed E-state index contributed by atoms with van der Waals surface area (Å²) in [7, 11) is 0. The Morgan fingerprint density at radius 2 is 1.81 bits per heavy atom. The van der Waals surface area contributed by atoms with E-state index in [1.165, 1.54) is 17.0 Å². The van der Waals surface area contributed by atoms with Crippen LogP contribution in [0.15, 0.2) is 85.7 Å². The number of benzene rings is 2. The molecule has 2 aromatic carbocycles. The summed E-state index contributed by atoms with van der Waals surface area (Å²) in [4.78, 5) is 38.3. The van der Waals surface area contributed by atoms with E-state index in [-0.39, 0.29) is 16.9 Å². The van der Waals surface area contributed by atoms with Gasteiger partial charge in [0.25, 0.3) is 5.91 Å². The summed E-state index contributed by atoms with van der Waals surface area (Å²) >= 11 is 0. The van der Waals surface area contributed by atoms with E-state index in [2.05, 4.69) is 30.6 Å². The molecule has 0 unspecified atom stereocenters. The predicted molar refractivity (Wildman–Crippen MR) is 147 cm³/mol. The topological polar surface area (TPSA) is 138 Å². The second-order valence-electron chi connectivity index (χ2n) is 8.90. The average molecular weight is 575 g/mol. The van der Waals surface area contributed by atoms with Crippen LogP contribution in [0.3, 0.4) is 0 Å². The Kier molecular flexibility index (Phi) is 8.90. The van der Waals surface area contributed by atoms with Crippen LogP contribution in [0, 0.1) is 13.8 Å². The maximum absolute atomic E-state index is 13.6. The van der Waals surface area contributed by atoms with Crippen molar-refractivity contribution in [3.63, 3.8) is 0 Å². The van der Waals surface area contributed by atoms with Crippen molar-refractivity contribution in [2.24, 2.45) is 0 Å². The second kappa shape index (κ2) is 12.7. The largest absolute Gasteiger partial charge is 0.554 e. The summed E-state index contributed by atoms with van der Waals surface area (Å²) in [5, 5.41) is 14.0. The van der Waals surface area contributed by atoms with Crippen molar-refractivity contribution in [3.05, 3.63) is 108 Å². The Balaban J connectivity index is 0.00000129. The number of hydrogen-bond donors (Lipinski definition) is 2. The number of alkyl halides is 3. The van der Waals surface area contributed by atoms with Crippen molar-refractivity contribution in [1.82, 2.24) is 24.5 Å². The minimum absolute atomic E-state index is 0.00114. The zero-order chi connectivity index (χ0) is 30.3. The summed E-state index contributed by atoms with van der Waals surface area (Å²) in [6.07, 6.45) is 3.38. The fourth-order valence-corrected chi connectivity index (χ4v) is 3.87. The molecule has 5 rings (SSSR count). The van der Waals surface area contributed by atoms with E-state index >= 15 is 0 Å². The lowest BCUT2D eigenvalue weighted by atomic mass is 10.1. The minimum atomic E-state index is -4.60. The Bertz CT molecular complexity index is 1710. The van der Waals surface area contributed by atoms with Crippen LogP contribution >= 0.6 is 0 Å². The molecule has 0 aliphatic rings. The van der Waals surface area contributed by atoms with Gasteiger partial charge < -0.3 is 25.1 Å². The molecule has 0 fully saturated rings. The third-order valence-electron chi connectivity index (χ3n) is 5.87. The number of amides is 1. The van der Waals surface area contributed by atoms with Crippen LogP contribution in [0.2, 0.25) is 0 Å². The predicted octanol–water partition coefficient (Wildman–Crippen LogP) is 4.72. The monoisotopic (exact) mass is 574 g/mol. The number of aryl methyl sites for hydroxylation is 2. The molecule has 5 aromatic rings. The third-order valence-corrected chi connectivity index (χ3v) is 5.87. The Morgan fingerprint density at radius 1 is 1.02 bits per heavy atom. The first-order valence-corrected chi connectivity index (χ1v) is 12.3. The molecule has 2 N–H and O–H groups in total. The van der Waals surface area contributed by atoms with Gasteiger partial charge in [-0.15, -0.1) is 0 Å². The summed E-state index contributed by atoms with van der Waals surface area (Å²) < 4.78 is 42.3. The van der Waals surface area contributed by atoms with Crippen LogP contribution < -0.4 is 15.7 Å². The van der Waals surface area contributed by atoms with Crippen LogP contribution in [0.1, 0.15) is 27.2 Å². The molecule has 42 heavy (non-hydrogen) atoms. The van der Waals surface area contributed by atoms with Crippen molar-refractivity contribution < 1.29 is 27.9 Å². The number of pyridine rings is 1. The molecule has 13 heteroatoms. The van der Waals surface area contributed by atoms with E-state index in [1.54, 1.807) is 62.0 Å². The van der Waals surface area contributed by atoms with Crippen LogP contribution in [-0.2, 0) is 11.0 Å². The average Bonchev–Trinajstić information content (AvgIpc) is 3.41. The van der Waals surface area contributed by atoms with Crippen molar-refractivity contribution in [2.45, 2.75) is 20.0 Å². The zero-order valence-corrected chi connectivity index (χ0v) is 22.3. The van der Waals surface area contributed by atoms with E-state index in [1.807, 2.05) is 13.0 Å². The lowest BCUT2D eigenvalue weighted by Gasteiger charge is -2.14. The number of carbonyl (C=O) groups is 2. The first kappa shape index (κ1) is 29.4. The fourth-order valence-electron chi connectivity index (χ4n) is 3.87. The molecule has 0 aliphatic heterocycles. The van der Waals surface area contributed by atoms with Gasteiger partial charge >= 0.3 is 6.18 Å². The van der Waals surface area contributed by atoms with Gasteiger partial charge in [0.05, 0.1) is 23.3 Å². The molecule has 10 nitrogen and oxygen atoms in total. The highest BCUT2D eigenvalue weighted by molar-refractivity contribution is 6.05. The summed E-state index contributed by atoms with van der Waals surface area (Å²) in [5.74, 6) is -0.259. The lowest BCUT2D eigenvalue weighted by Crippen LogP contribution is -2.14. The lowest BCUT2D eigenvalue weighted by molar-refractivity contribution is -0.283. The summed E-state index contributed by atoms with van der Waals surface area (Å²) in [5.41, 5.74) is 3.09. The Hall–Kier alpha value is -5.59. The number of nitrogens with one attached hydrogen (secondary N) is 2. The van der Waals surface area contributed by atoms with Crippen LogP contribution in [0.5, 0.6) is 0 Å². The molecular weight excluding hydrogens is 551 g/mol. The van der Waals surface area contributed by atoms with Gasteiger partial charge in [-0.3, -0.25) is 9.78 Å².